The number of halogens is 3. The van der Waals surface area contributed by atoms with Crippen molar-refractivity contribution >= 4 is 16.7 Å². The highest BCUT2D eigenvalue weighted by molar-refractivity contribution is 5.85. The topological polar surface area (TPSA) is 76.5 Å². The van der Waals surface area contributed by atoms with Crippen LogP contribution in [0.5, 0.6) is 0 Å². The summed E-state index contributed by atoms with van der Waals surface area (Å²) in [5.41, 5.74) is 1.94. The molecule has 3 aromatic heterocycles. The quantitative estimate of drug-likeness (QED) is 0.504. The largest absolute Gasteiger partial charge is 0.370 e. The lowest BCUT2D eigenvalue weighted by Gasteiger charge is -2.11. The molecule has 4 aromatic rings. The Balaban J connectivity index is 1.51. The lowest BCUT2D eigenvalue weighted by molar-refractivity contribution is 0.148. The molecule has 0 atom stereocenters. The minimum Gasteiger partial charge on any atom is -0.370 e. The zero-order valence-corrected chi connectivity index (χ0v) is 16.0. The monoisotopic (exact) mass is 410 g/mol. The van der Waals surface area contributed by atoms with E-state index >= 15 is 0 Å². The van der Waals surface area contributed by atoms with E-state index in [0.29, 0.717) is 35.8 Å². The van der Waals surface area contributed by atoms with Crippen LogP contribution >= 0.6 is 0 Å². The molecule has 0 fully saturated rings. The van der Waals surface area contributed by atoms with Gasteiger partial charge in [-0.1, -0.05) is 18.2 Å². The Morgan fingerprint density at radius 2 is 1.80 bits per heavy atom. The molecule has 30 heavy (non-hydrogen) atoms. The Morgan fingerprint density at radius 1 is 1.00 bits per heavy atom. The number of para-hydroxylation sites is 1. The molecule has 1 aromatic carbocycles. The first-order valence-corrected chi connectivity index (χ1v) is 9.22. The van der Waals surface area contributed by atoms with Crippen molar-refractivity contribution in [1.29, 1.82) is 0 Å². The van der Waals surface area contributed by atoms with Gasteiger partial charge < -0.3 is 5.32 Å². The molecular formula is C21H17F3N6. The minimum absolute atomic E-state index is 0.131. The summed E-state index contributed by atoms with van der Waals surface area (Å²) in [6, 6.07) is 6.66. The first kappa shape index (κ1) is 19.7. The van der Waals surface area contributed by atoms with Gasteiger partial charge in [-0.2, -0.15) is 0 Å². The van der Waals surface area contributed by atoms with Gasteiger partial charge in [0.1, 0.15) is 18.0 Å². The third-order valence-corrected chi connectivity index (χ3v) is 4.64. The van der Waals surface area contributed by atoms with Gasteiger partial charge >= 0.3 is 0 Å². The Morgan fingerprint density at radius 3 is 2.57 bits per heavy atom. The fraction of sp³-hybridized carbons (Fsp3) is 0.190. The zero-order valence-electron chi connectivity index (χ0n) is 16.0. The van der Waals surface area contributed by atoms with Crippen LogP contribution < -0.4 is 5.32 Å². The van der Waals surface area contributed by atoms with E-state index in [-0.39, 0.29) is 5.39 Å². The average molecular weight is 410 g/mol. The van der Waals surface area contributed by atoms with E-state index in [1.807, 2.05) is 0 Å². The number of hydrogen-bond acceptors (Lipinski definition) is 6. The molecule has 4 rings (SSSR count). The number of aromatic nitrogens is 5. The van der Waals surface area contributed by atoms with Crippen molar-refractivity contribution in [3.8, 4) is 11.3 Å². The first-order valence-electron chi connectivity index (χ1n) is 9.22. The molecule has 0 amide bonds. The second-order valence-electron chi connectivity index (χ2n) is 6.62. The third kappa shape index (κ3) is 4.05. The fourth-order valence-corrected chi connectivity index (χ4v) is 3.17. The predicted molar refractivity (Wildman–Crippen MR) is 107 cm³/mol. The van der Waals surface area contributed by atoms with Crippen LogP contribution in [0.25, 0.3) is 22.2 Å². The van der Waals surface area contributed by atoms with Crippen molar-refractivity contribution in [3.63, 3.8) is 0 Å². The highest BCUT2D eigenvalue weighted by Crippen LogP contribution is 2.30. The number of hydrogen-bond donors (Lipinski definition) is 1. The van der Waals surface area contributed by atoms with Gasteiger partial charge in [-0.15, -0.1) is 0 Å². The maximum Gasteiger partial charge on any atom is 0.267 e. The molecule has 0 aliphatic rings. The summed E-state index contributed by atoms with van der Waals surface area (Å²) in [5.74, 6) is 0.277. The summed E-state index contributed by atoms with van der Waals surface area (Å²) in [7, 11) is 0. The highest BCUT2D eigenvalue weighted by Gasteiger charge is 2.19. The molecule has 9 heteroatoms. The second kappa shape index (κ2) is 8.40. The zero-order chi connectivity index (χ0) is 21.1. The van der Waals surface area contributed by atoms with E-state index in [4.69, 9.17) is 0 Å². The molecule has 152 valence electrons. The summed E-state index contributed by atoms with van der Waals surface area (Å²) >= 11 is 0. The van der Waals surface area contributed by atoms with Crippen LogP contribution in [0.4, 0.5) is 19.0 Å². The highest BCUT2D eigenvalue weighted by atomic mass is 19.3. The van der Waals surface area contributed by atoms with Crippen molar-refractivity contribution in [2.75, 3.05) is 11.9 Å². The van der Waals surface area contributed by atoms with Gasteiger partial charge in [0.05, 0.1) is 23.0 Å². The third-order valence-electron chi connectivity index (χ3n) is 4.64. The molecule has 0 aliphatic heterocycles. The SMILES string of the molecule is Cc1ncc(-c2cc(NCCc3cccc4c(C(F)F)c(F)cnc34)ncn2)cn1. The number of pyridine rings is 1. The van der Waals surface area contributed by atoms with Gasteiger partial charge in [-0.25, -0.2) is 33.1 Å². The number of nitrogens with zero attached hydrogens (tertiary/aromatic N) is 5. The number of rotatable bonds is 6. The number of alkyl halides is 2. The molecule has 6 nitrogen and oxygen atoms in total. The molecular weight excluding hydrogens is 393 g/mol. The number of aryl methyl sites for hydroxylation is 1. The smallest absolute Gasteiger partial charge is 0.267 e. The van der Waals surface area contributed by atoms with Crippen LogP contribution in [0.2, 0.25) is 0 Å². The summed E-state index contributed by atoms with van der Waals surface area (Å²) in [5, 5.41) is 3.32. The molecule has 0 unspecified atom stereocenters. The Bertz CT molecular complexity index is 1180. The van der Waals surface area contributed by atoms with Crippen molar-refractivity contribution in [3.05, 3.63) is 72.0 Å². The van der Waals surface area contributed by atoms with Crippen LogP contribution in [-0.2, 0) is 6.42 Å². The number of benzene rings is 1. The van der Waals surface area contributed by atoms with E-state index in [1.165, 1.54) is 12.4 Å². The lowest BCUT2D eigenvalue weighted by Crippen LogP contribution is -2.08. The molecule has 0 bridgehead atoms. The maximum atomic E-state index is 13.8. The predicted octanol–water partition coefficient (Wildman–Crippen LogP) is 4.52. The van der Waals surface area contributed by atoms with Gasteiger partial charge in [-0.05, 0) is 18.9 Å². The van der Waals surface area contributed by atoms with Crippen LogP contribution in [0.1, 0.15) is 23.4 Å². The van der Waals surface area contributed by atoms with Crippen molar-refractivity contribution in [2.24, 2.45) is 0 Å². The number of nitrogens with one attached hydrogen (secondary N) is 1. The lowest BCUT2D eigenvalue weighted by atomic mass is 10.0. The van der Waals surface area contributed by atoms with Crippen molar-refractivity contribution < 1.29 is 13.2 Å². The van der Waals surface area contributed by atoms with E-state index in [2.05, 4.69) is 30.2 Å². The average Bonchev–Trinajstić information content (AvgIpc) is 2.74. The fourth-order valence-electron chi connectivity index (χ4n) is 3.17. The van der Waals surface area contributed by atoms with Crippen molar-refractivity contribution in [2.45, 2.75) is 19.8 Å². The van der Waals surface area contributed by atoms with Crippen LogP contribution in [0, 0.1) is 12.7 Å². The molecule has 0 saturated heterocycles. The number of fused-ring (bicyclic) bond motifs is 1. The van der Waals surface area contributed by atoms with E-state index in [9.17, 15) is 13.2 Å². The van der Waals surface area contributed by atoms with Crippen LogP contribution in [0.15, 0.2) is 49.2 Å². The van der Waals surface area contributed by atoms with Gasteiger partial charge in [0.15, 0.2) is 5.82 Å². The normalized spacial score (nSPS) is 11.2. The Labute approximate surface area is 170 Å². The summed E-state index contributed by atoms with van der Waals surface area (Å²) in [6.45, 7) is 2.28. The second-order valence-corrected chi connectivity index (χ2v) is 6.62. The number of anilines is 1. The summed E-state index contributed by atoms with van der Waals surface area (Å²) < 4.78 is 40.3. The van der Waals surface area contributed by atoms with Gasteiger partial charge in [-0.3, -0.25) is 4.98 Å². The minimum atomic E-state index is -2.91. The van der Waals surface area contributed by atoms with Crippen LogP contribution in [-0.4, -0.2) is 31.5 Å². The molecule has 0 aliphatic carbocycles. The van der Waals surface area contributed by atoms with E-state index < -0.39 is 17.8 Å². The molecule has 0 saturated carbocycles. The van der Waals surface area contributed by atoms with Gasteiger partial charge in [0.25, 0.3) is 6.43 Å². The van der Waals surface area contributed by atoms with Crippen LogP contribution in [0.3, 0.4) is 0 Å². The van der Waals surface area contributed by atoms with Gasteiger partial charge in [0.2, 0.25) is 0 Å². The van der Waals surface area contributed by atoms with E-state index in [0.717, 1.165) is 17.3 Å². The maximum absolute atomic E-state index is 13.8. The van der Waals surface area contributed by atoms with Crippen molar-refractivity contribution in [1.82, 2.24) is 24.9 Å². The van der Waals surface area contributed by atoms with Gasteiger partial charge in [0, 0.05) is 36.0 Å². The Kier molecular flexibility index (Phi) is 5.51. The standard InChI is InChI=1S/C21H17F3N6/c1-12-26-8-14(9-27-12)17-7-18(30-11-29-17)25-6-5-13-3-2-4-15-19(21(23)24)16(22)10-28-20(13)15/h2-4,7-11,21H,5-6H2,1H3,(H,25,29,30). The first-order chi connectivity index (χ1) is 14.5. The van der Waals surface area contributed by atoms with E-state index in [1.54, 1.807) is 37.5 Å². The summed E-state index contributed by atoms with van der Waals surface area (Å²) in [6.07, 6.45) is 3.25. The molecule has 1 N–H and O–H groups in total. The Hall–Kier alpha value is -3.62. The summed E-state index contributed by atoms with van der Waals surface area (Å²) in [4.78, 5) is 20.8. The molecule has 0 spiro atoms. The molecule has 0 radical (unpaired) electrons. The molecule has 3 heterocycles.